The summed E-state index contributed by atoms with van der Waals surface area (Å²) < 4.78 is 0. The van der Waals surface area contributed by atoms with E-state index in [1.807, 2.05) is 18.7 Å². The highest BCUT2D eigenvalue weighted by Crippen LogP contribution is 2.25. The number of amides is 1. The Bertz CT molecular complexity index is 203. The van der Waals surface area contributed by atoms with Gasteiger partial charge in [0.15, 0.2) is 0 Å². The highest BCUT2D eigenvalue weighted by Gasteiger charge is 2.38. The summed E-state index contributed by atoms with van der Waals surface area (Å²) in [4.78, 5) is 13.7. The number of fused-ring (bicyclic) bond motifs is 1. The Kier molecular flexibility index (Phi) is 2.28. The van der Waals surface area contributed by atoms with Gasteiger partial charge >= 0.3 is 0 Å². The van der Waals surface area contributed by atoms with Crippen molar-refractivity contribution in [2.75, 3.05) is 19.6 Å². The smallest absolute Gasteiger partial charge is 0.225 e. The fourth-order valence-corrected chi connectivity index (χ4v) is 2.39. The third-order valence-corrected chi connectivity index (χ3v) is 3.17. The quantitative estimate of drug-likeness (QED) is 0.639. The molecular formula is C10H18N2O. The molecule has 13 heavy (non-hydrogen) atoms. The van der Waals surface area contributed by atoms with Gasteiger partial charge in [-0.25, -0.2) is 0 Å². The van der Waals surface area contributed by atoms with Gasteiger partial charge < -0.3 is 10.2 Å². The first-order chi connectivity index (χ1) is 6.18. The van der Waals surface area contributed by atoms with Crippen LogP contribution in [-0.4, -0.2) is 36.5 Å². The molecule has 0 saturated carbocycles. The third kappa shape index (κ3) is 1.57. The summed E-state index contributed by atoms with van der Waals surface area (Å²) in [5, 5.41) is 3.45. The molecule has 2 saturated heterocycles. The van der Waals surface area contributed by atoms with E-state index >= 15 is 0 Å². The van der Waals surface area contributed by atoms with Gasteiger partial charge in [0.25, 0.3) is 0 Å². The minimum atomic E-state index is 0.152. The topological polar surface area (TPSA) is 32.3 Å². The van der Waals surface area contributed by atoms with Gasteiger partial charge in [-0.2, -0.15) is 0 Å². The van der Waals surface area contributed by atoms with Crippen molar-refractivity contribution in [1.29, 1.82) is 0 Å². The highest BCUT2D eigenvalue weighted by atomic mass is 16.2. The Morgan fingerprint density at radius 3 is 2.85 bits per heavy atom. The maximum Gasteiger partial charge on any atom is 0.225 e. The molecule has 0 aromatic heterocycles. The molecule has 2 rings (SSSR count). The van der Waals surface area contributed by atoms with Gasteiger partial charge in [0, 0.05) is 25.0 Å². The largest absolute Gasteiger partial charge is 0.341 e. The van der Waals surface area contributed by atoms with Gasteiger partial charge in [-0.3, -0.25) is 4.79 Å². The number of likely N-dealkylation sites (tertiary alicyclic amines) is 1. The van der Waals surface area contributed by atoms with Crippen LogP contribution >= 0.6 is 0 Å². The summed E-state index contributed by atoms with van der Waals surface area (Å²) in [5.74, 6) is 1.19. The predicted molar refractivity (Wildman–Crippen MR) is 51.3 cm³/mol. The lowest BCUT2D eigenvalue weighted by atomic mass is 10.1. The molecule has 0 aromatic rings. The fourth-order valence-electron chi connectivity index (χ4n) is 2.39. The molecule has 0 radical (unpaired) electrons. The number of hydrogen-bond donors (Lipinski definition) is 1. The Labute approximate surface area is 79.5 Å². The molecule has 2 fully saturated rings. The molecule has 0 spiro atoms. The number of carbonyl (C=O) groups excluding carboxylic acids is 1. The Hall–Kier alpha value is -0.570. The zero-order valence-electron chi connectivity index (χ0n) is 8.42. The van der Waals surface area contributed by atoms with Crippen LogP contribution in [0.2, 0.25) is 0 Å². The Balaban J connectivity index is 1.95. The lowest BCUT2D eigenvalue weighted by Crippen LogP contribution is -2.36. The van der Waals surface area contributed by atoms with Crippen molar-refractivity contribution in [2.45, 2.75) is 26.3 Å². The second kappa shape index (κ2) is 3.29. The van der Waals surface area contributed by atoms with Crippen molar-refractivity contribution < 1.29 is 4.79 Å². The average Bonchev–Trinajstić information content (AvgIpc) is 2.59. The van der Waals surface area contributed by atoms with Gasteiger partial charge in [-0.05, 0) is 18.9 Å². The van der Waals surface area contributed by atoms with Crippen LogP contribution in [0.5, 0.6) is 0 Å². The van der Waals surface area contributed by atoms with Crippen LogP contribution in [0.1, 0.15) is 20.3 Å². The van der Waals surface area contributed by atoms with E-state index in [-0.39, 0.29) is 5.92 Å². The number of carbonyl (C=O) groups is 1. The first kappa shape index (κ1) is 9.00. The number of rotatable bonds is 1. The van der Waals surface area contributed by atoms with Gasteiger partial charge in [-0.1, -0.05) is 13.8 Å². The van der Waals surface area contributed by atoms with E-state index < -0.39 is 0 Å². The normalized spacial score (nSPS) is 32.7. The minimum Gasteiger partial charge on any atom is -0.341 e. The second-order valence-electron chi connectivity index (χ2n) is 4.51. The molecule has 2 aliphatic heterocycles. The molecule has 0 unspecified atom stereocenters. The van der Waals surface area contributed by atoms with Crippen molar-refractivity contribution in [1.82, 2.24) is 10.2 Å². The summed E-state index contributed by atoms with van der Waals surface area (Å²) >= 11 is 0. The zero-order valence-corrected chi connectivity index (χ0v) is 8.42. The van der Waals surface area contributed by atoms with E-state index in [0.717, 1.165) is 25.6 Å². The molecule has 3 heteroatoms. The monoisotopic (exact) mass is 182 g/mol. The first-order valence-corrected chi connectivity index (χ1v) is 5.20. The van der Waals surface area contributed by atoms with Crippen LogP contribution in [0.3, 0.4) is 0 Å². The van der Waals surface area contributed by atoms with E-state index in [1.54, 1.807) is 0 Å². The van der Waals surface area contributed by atoms with Crippen molar-refractivity contribution in [3.63, 3.8) is 0 Å². The van der Waals surface area contributed by atoms with Crippen molar-refractivity contribution >= 4 is 5.91 Å². The maximum atomic E-state index is 11.7. The van der Waals surface area contributed by atoms with Crippen LogP contribution in [-0.2, 0) is 4.79 Å². The fraction of sp³-hybridized carbons (Fsp3) is 0.900. The highest BCUT2D eigenvalue weighted by molar-refractivity contribution is 5.78. The van der Waals surface area contributed by atoms with Crippen LogP contribution in [0.4, 0.5) is 0 Å². The number of nitrogens with zero attached hydrogens (tertiary/aromatic N) is 1. The van der Waals surface area contributed by atoms with E-state index in [0.29, 0.717) is 11.9 Å². The molecule has 1 N–H and O–H groups in total. The van der Waals surface area contributed by atoms with Crippen LogP contribution < -0.4 is 5.32 Å². The first-order valence-electron chi connectivity index (χ1n) is 5.20. The van der Waals surface area contributed by atoms with Crippen molar-refractivity contribution in [3.05, 3.63) is 0 Å². The van der Waals surface area contributed by atoms with Gasteiger partial charge in [0.2, 0.25) is 5.91 Å². The maximum absolute atomic E-state index is 11.7. The van der Waals surface area contributed by atoms with E-state index in [4.69, 9.17) is 0 Å². The molecule has 74 valence electrons. The standard InChI is InChI=1S/C10H18N2O/c1-7(2)10(13)12-5-8-3-4-11-9(8)6-12/h7-9,11H,3-6H2,1-2H3/t8-,9+/m0/s1. The molecule has 1 amide bonds. The van der Waals surface area contributed by atoms with Crippen molar-refractivity contribution in [3.8, 4) is 0 Å². The molecule has 0 aliphatic carbocycles. The number of nitrogens with one attached hydrogen (secondary N) is 1. The van der Waals surface area contributed by atoms with Gasteiger partial charge in [0.05, 0.1) is 0 Å². The summed E-state index contributed by atoms with van der Waals surface area (Å²) in [6.07, 6.45) is 1.24. The molecular weight excluding hydrogens is 164 g/mol. The minimum absolute atomic E-state index is 0.152. The third-order valence-electron chi connectivity index (χ3n) is 3.17. The van der Waals surface area contributed by atoms with Crippen LogP contribution in [0.15, 0.2) is 0 Å². The Morgan fingerprint density at radius 2 is 2.23 bits per heavy atom. The number of hydrogen-bond acceptors (Lipinski definition) is 2. The van der Waals surface area contributed by atoms with Crippen molar-refractivity contribution in [2.24, 2.45) is 11.8 Å². The molecule has 2 aliphatic rings. The predicted octanol–water partition coefficient (Wildman–Crippen LogP) is 0.463. The van der Waals surface area contributed by atoms with Gasteiger partial charge in [-0.15, -0.1) is 0 Å². The zero-order chi connectivity index (χ0) is 9.42. The summed E-state index contributed by atoms with van der Waals surface area (Å²) in [7, 11) is 0. The lowest BCUT2D eigenvalue weighted by Gasteiger charge is -2.19. The average molecular weight is 182 g/mol. The molecule has 0 bridgehead atoms. The van der Waals surface area contributed by atoms with Crippen LogP contribution in [0.25, 0.3) is 0 Å². The van der Waals surface area contributed by atoms with Crippen LogP contribution in [0, 0.1) is 11.8 Å². The molecule has 2 heterocycles. The second-order valence-corrected chi connectivity index (χ2v) is 4.51. The Morgan fingerprint density at radius 1 is 1.46 bits per heavy atom. The molecule has 3 nitrogen and oxygen atoms in total. The van der Waals surface area contributed by atoms with Gasteiger partial charge in [0.1, 0.15) is 0 Å². The lowest BCUT2D eigenvalue weighted by molar-refractivity contribution is -0.133. The van der Waals surface area contributed by atoms with E-state index in [9.17, 15) is 4.79 Å². The SMILES string of the molecule is CC(C)C(=O)N1C[C@@H]2CCN[C@@H]2C1. The van der Waals surface area contributed by atoms with E-state index in [2.05, 4.69) is 5.32 Å². The molecule has 0 aromatic carbocycles. The summed E-state index contributed by atoms with van der Waals surface area (Å²) in [6, 6.07) is 0.586. The summed E-state index contributed by atoms with van der Waals surface area (Å²) in [6.45, 7) is 7.00. The molecule has 2 atom stereocenters. The summed E-state index contributed by atoms with van der Waals surface area (Å²) in [5.41, 5.74) is 0. The van der Waals surface area contributed by atoms with E-state index in [1.165, 1.54) is 6.42 Å².